The van der Waals surface area contributed by atoms with Crippen molar-refractivity contribution in [2.75, 3.05) is 19.6 Å². The van der Waals surface area contributed by atoms with Gasteiger partial charge in [0.15, 0.2) is 0 Å². The predicted octanol–water partition coefficient (Wildman–Crippen LogP) is 3.74. The molecule has 0 aliphatic carbocycles. The van der Waals surface area contributed by atoms with Crippen LogP contribution in [0.15, 0.2) is 53.4 Å². The molecular formula is C23H30N2O3S. The minimum Gasteiger partial charge on any atom is -0.352 e. The molecule has 5 nitrogen and oxygen atoms in total. The van der Waals surface area contributed by atoms with Gasteiger partial charge in [-0.15, -0.1) is 0 Å². The lowest BCUT2D eigenvalue weighted by Crippen LogP contribution is -2.28. The van der Waals surface area contributed by atoms with Crippen molar-refractivity contribution in [1.29, 1.82) is 0 Å². The normalized spacial score (nSPS) is 15.4. The molecule has 1 N–H and O–H groups in total. The molecule has 0 saturated carbocycles. The molecule has 2 aromatic rings. The monoisotopic (exact) mass is 414 g/mol. The Kier molecular flexibility index (Phi) is 6.44. The first kappa shape index (κ1) is 21.5. The largest absolute Gasteiger partial charge is 0.352 e. The van der Waals surface area contributed by atoms with E-state index in [-0.39, 0.29) is 11.3 Å². The van der Waals surface area contributed by atoms with Crippen LogP contribution in [0.25, 0.3) is 0 Å². The smallest absolute Gasteiger partial charge is 0.251 e. The average molecular weight is 415 g/mol. The van der Waals surface area contributed by atoms with Gasteiger partial charge in [-0.25, -0.2) is 8.42 Å². The van der Waals surface area contributed by atoms with Gasteiger partial charge in [-0.2, -0.15) is 4.31 Å². The molecular weight excluding hydrogens is 384 g/mol. The van der Waals surface area contributed by atoms with Crippen molar-refractivity contribution >= 4 is 15.9 Å². The molecule has 0 atom stereocenters. The minimum absolute atomic E-state index is 0.0590. The number of sulfonamides is 1. The van der Waals surface area contributed by atoms with Crippen molar-refractivity contribution in [3.8, 4) is 0 Å². The zero-order chi connectivity index (χ0) is 21.1. The topological polar surface area (TPSA) is 66.5 Å². The zero-order valence-electron chi connectivity index (χ0n) is 17.4. The summed E-state index contributed by atoms with van der Waals surface area (Å²) in [5.41, 5.74) is 2.89. The molecule has 0 spiro atoms. The third-order valence-electron chi connectivity index (χ3n) is 5.34. The molecule has 3 rings (SSSR count). The summed E-state index contributed by atoms with van der Waals surface area (Å²) in [6.07, 6.45) is 2.50. The number of amides is 1. The maximum atomic E-state index is 12.6. The summed E-state index contributed by atoms with van der Waals surface area (Å²) in [5.74, 6) is -0.0984. The van der Waals surface area contributed by atoms with E-state index >= 15 is 0 Å². The summed E-state index contributed by atoms with van der Waals surface area (Å²) >= 11 is 0. The maximum Gasteiger partial charge on any atom is 0.251 e. The zero-order valence-corrected chi connectivity index (χ0v) is 18.3. The second-order valence-electron chi connectivity index (χ2n) is 8.59. The Morgan fingerprint density at radius 3 is 2.10 bits per heavy atom. The number of nitrogens with one attached hydrogen (secondary N) is 1. The SMILES string of the molecule is CC(C)(C)c1ccc(C(=O)NCCc2ccc(S(=O)(=O)N3CCCC3)cc2)cc1. The maximum absolute atomic E-state index is 12.6. The first-order valence-electron chi connectivity index (χ1n) is 10.2. The van der Waals surface area contributed by atoms with E-state index in [9.17, 15) is 13.2 Å². The Morgan fingerprint density at radius 1 is 0.966 bits per heavy atom. The molecule has 2 aromatic carbocycles. The number of carbonyl (C=O) groups is 1. The molecule has 156 valence electrons. The molecule has 0 bridgehead atoms. The van der Waals surface area contributed by atoms with E-state index in [2.05, 4.69) is 26.1 Å². The van der Waals surface area contributed by atoms with Crippen LogP contribution in [0.3, 0.4) is 0 Å². The van der Waals surface area contributed by atoms with E-state index in [1.165, 1.54) is 5.56 Å². The lowest BCUT2D eigenvalue weighted by Gasteiger charge is -2.19. The molecule has 1 aliphatic heterocycles. The number of hydrogen-bond donors (Lipinski definition) is 1. The van der Waals surface area contributed by atoms with Crippen LogP contribution in [0.5, 0.6) is 0 Å². The van der Waals surface area contributed by atoms with Crippen LogP contribution in [0, 0.1) is 0 Å². The van der Waals surface area contributed by atoms with Gasteiger partial charge in [-0.05, 0) is 60.1 Å². The van der Waals surface area contributed by atoms with E-state index in [0.29, 0.717) is 36.5 Å². The van der Waals surface area contributed by atoms with Crippen LogP contribution in [0.1, 0.15) is 55.1 Å². The van der Waals surface area contributed by atoms with Gasteiger partial charge in [0.25, 0.3) is 5.91 Å². The lowest BCUT2D eigenvalue weighted by molar-refractivity contribution is 0.0954. The van der Waals surface area contributed by atoms with Crippen molar-refractivity contribution in [3.05, 3.63) is 65.2 Å². The summed E-state index contributed by atoms with van der Waals surface area (Å²) in [4.78, 5) is 12.7. The Labute approximate surface area is 174 Å². The molecule has 1 aliphatic rings. The van der Waals surface area contributed by atoms with Crippen LogP contribution in [-0.4, -0.2) is 38.3 Å². The Morgan fingerprint density at radius 2 is 1.55 bits per heavy atom. The second kappa shape index (κ2) is 8.67. The first-order valence-corrected chi connectivity index (χ1v) is 11.6. The van der Waals surface area contributed by atoms with Crippen molar-refractivity contribution in [2.45, 2.75) is 50.3 Å². The first-order chi connectivity index (χ1) is 13.7. The second-order valence-corrected chi connectivity index (χ2v) is 10.5. The fourth-order valence-electron chi connectivity index (χ4n) is 3.45. The quantitative estimate of drug-likeness (QED) is 0.783. The highest BCUT2D eigenvalue weighted by Crippen LogP contribution is 2.22. The standard InChI is InChI=1S/C23H30N2O3S/c1-23(2,3)20-10-8-19(9-11-20)22(26)24-15-14-18-6-12-21(13-7-18)29(27,28)25-16-4-5-17-25/h6-13H,4-5,14-17H2,1-3H3,(H,24,26). The van der Waals surface area contributed by atoms with E-state index in [4.69, 9.17) is 0 Å². The highest BCUT2D eigenvalue weighted by Gasteiger charge is 2.26. The van der Waals surface area contributed by atoms with Gasteiger partial charge < -0.3 is 5.32 Å². The van der Waals surface area contributed by atoms with Crippen LogP contribution in [-0.2, 0) is 21.9 Å². The third-order valence-corrected chi connectivity index (χ3v) is 7.25. The number of nitrogens with zero attached hydrogens (tertiary/aromatic N) is 1. The Hall–Kier alpha value is -2.18. The van der Waals surface area contributed by atoms with Crippen LogP contribution in [0.2, 0.25) is 0 Å². The van der Waals surface area contributed by atoms with Gasteiger partial charge >= 0.3 is 0 Å². The van der Waals surface area contributed by atoms with Gasteiger partial charge in [0.1, 0.15) is 0 Å². The third kappa shape index (κ3) is 5.25. The van der Waals surface area contributed by atoms with E-state index in [0.717, 1.165) is 18.4 Å². The Bertz CT molecular complexity index is 937. The molecule has 1 amide bonds. The van der Waals surface area contributed by atoms with Crippen molar-refractivity contribution in [3.63, 3.8) is 0 Å². The predicted molar refractivity (Wildman–Crippen MR) is 116 cm³/mol. The molecule has 6 heteroatoms. The molecule has 0 unspecified atom stereocenters. The van der Waals surface area contributed by atoms with E-state index in [1.54, 1.807) is 16.4 Å². The highest BCUT2D eigenvalue weighted by molar-refractivity contribution is 7.89. The van der Waals surface area contributed by atoms with Crippen LogP contribution < -0.4 is 5.32 Å². The van der Waals surface area contributed by atoms with Crippen LogP contribution in [0.4, 0.5) is 0 Å². The van der Waals surface area contributed by atoms with E-state index in [1.807, 2.05) is 36.4 Å². The van der Waals surface area contributed by atoms with Crippen molar-refractivity contribution in [2.24, 2.45) is 0 Å². The summed E-state index contributed by atoms with van der Waals surface area (Å²) < 4.78 is 26.7. The van der Waals surface area contributed by atoms with Gasteiger partial charge in [0, 0.05) is 25.2 Å². The summed E-state index contributed by atoms with van der Waals surface area (Å²) in [6, 6.07) is 14.7. The minimum atomic E-state index is -3.38. The van der Waals surface area contributed by atoms with Crippen molar-refractivity contribution in [1.82, 2.24) is 9.62 Å². The van der Waals surface area contributed by atoms with Crippen LogP contribution >= 0.6 is 0 Å². The molecule has 1 saturated heterocycles. The van der Waals surface area contributed by atoms with Crippen molar-refractivity contribution < 1.29 is 13.2 Å². The summed E-state index contributed by atoms with van der Waals surface area (Å²) in [6.45, 7) is 8.13. The molecule has 1 heterocycles. The van der Waals surface area contributed by atoms with Gasteiger partial charge in [0.05, 0.1) is 4.90 Å². The number of rotatable bonds is 6. The molecule has 0 radical (unpaired) electrons. The summed E-state index contributed by atoms with van der Waals surface area (Å²) in [7, 11) is -3.38. The van der Waals surface area contributed by atoms with Gasteiger partial charge in [-0.1, -0.05) is 45.0 Å². The fourth-order valence-corrected chi connectivity index (χ4v) is 4.97. The summed E-state index contributed by atoms with van der Waals surface area (Å²) in [5, 5.41) is 2.93. The number of hydrogen-bond acceptors (Lipinski definition) is 3. The molecule has 1 fully saturated rings. The number of carbonyl (C=O) groups excluding carboxylic acids is 1. The van der Waals surface area contributed by atoms with E-state index < -0.39 is 10.0 Å². The Balaban J connectivity index is 1.53. The highest BCUT2D eigenvalue weighted by atomic mass is 32.2. The average Bonchev–Trinajstić information content (AvgIpc) is 3.23. The molecule has 0 aromatic heterocycles. The lowest BCUT2D eigenvalue weighted by atomic mass is 9.87. The van der Waals surface area contributed by atoms with Gasteiger partial charge in [0.2, 0.25) is 10.0 Å². The van der Waals surface area contributed by atoms with Gasteiger partial charge in [-0.3, -0.25) is 4.79 Å². The molecule has 29 heavy (non-hydrogen) atoms. The fraction of sp³-hybridized carbons (Fsp3) is 0.435. The number of benzene rings is 2.